The molecular formula is C12H16BNO4. The Morgan fingerprint density at radius 1 is 1.17 bits per heavy atom. The van der Waals surface area contributed by atoms with Crippen LogP contribution in [0.3, 0.4) is 0 Å². The number of carbonyl (C=O) groups is 2. The molecule has 6 heteroatoms. The Hall–Kier alpha value is -1.98. The molecule has 1 amide bonds. The zero-order valence-corrected chi connectivity index (χ0v) is 10.9. The summed E-state index contributed by atoms with van der Waals surface area (Å²) < 4.78 is 4.92. The molecule has 1 aromatic rings. The third kappa shape index (κ3) is 4.90. The van der Waals surface area contributed by atoms with E-state index in [1.165, 1.54) is 0 Å². The van der Waals surface area contributed by atoms with Crippen LogP contribution in [0, 0.1) is 0 Å². The van der Waals surface area contributed by atoms with Gasteiger partial charge in [-0.15, -0.1) is 5.48 Å². The molecule has 0 aromatic heterocycles. The highest BCUT2D eigenvalue weighted by atomic mass is 16.7. The van der Waals surface area contributed by atoms with E-state index in [2.05, 4.69) is 4.84 Å². The molecule has 0 unspecified atom stereocenters. The molecule has 0 radical (unpaired) electrons. The first-order valence-corrected chi connectivity index (χ1v) is 5.55. The molecule has 0 saturated carbocycles. The Morgan fingerprint density at radius 2 is 1.72 bits per heavy atom. The van der Waals surface area contributed by atoms with Crippen LogP contribution in [0.4, 0.5) is 4.79 Å². The molecule has 0 bridgehead atoms. The molecule has 0 fully saturated rings. The van der Waals surface area contributed by atoms with Crippen LogP contribution in [0.15, 0.2) is 24.3 Å². The first-order valence-electron chi connectivity index (χ1n) is 5.55. The molecule has 0 aliphatic carbocycles. The normalized spacial score (nSPS) is 10.6. The van der Waals surface area contributed by atoms with Gasteiger partial charge in [-0.2, -0.15) is 0 Å². The topological polar surface area (TPSA) is 64.6 Å². The van der Waals surface area contributed by atoms with Gasteiger partial charge < -0.3 is 9.57 Å². The van der Waals surface area contributed by atoms with Gasteiger partial charge in [-0.05, 0) is 32.9 Å². The van der Waals surface area contributed by atoms with Crippen LogP contribution in [0.25, 0.3) is 0 Å². The number of hydroxylamine groups is 1. The predicted octanol–water partition coefficient (Wildman–Crippen LogP) is 0.541. The van der Waals surface area contributed by atoms with E-state index >= 15 is 0 Å². The summed E-state index contributed by atoms with van der Waals surface area (Å²) in [4.78, 5) is 27.4. The number of carbonyl (C=O) groups excluding carboxylic acids is 2. The first kappa shape index (κ1) is 14.1. The molecule has 0 aliphatic rings. The second kappa shape index (κ2) is 5.57. The number of hydrogen-bond donors (Lipinski definition) is 1. The maximum atomic E-state index is 11.5. The Morgan fingerprint density at radius 3 is 2.22 bits per heavy atom. The van der Waals surface area contributed by atoms with E-state index in [0.29, 0.717) is 5.56 Å². The minimum absolute atomic E-state index is 0.358. The number of nitrogens with one attached hydrogen (secondary N) is 1. The summed E-state index contributed by atoms with van der Waals surface area (Å²) in [5, 5.41) is 0. The van der Waals surface area contributed by atoms with Crippen LogP contribution in [0.2, 0.25) is 0 Å². The van der Waals surface area contributed by atoms with Crippen molar-refractivity contribution in [1.82, 2.24) is 5.48 Å². The van der Waals surface area contributed by atoms with Gasteiger partial charge in [-0.3, -0.25) is 0 Å². The molecule has 96 valence electrons. The summed E-state index contributed by atoms with van der Waals surface area (Å²) in [6.07, 6.45) is -0.803. The first-order chi connectivity index (χ1) is 8.28. The average molecular weight is 249 g/mol. The summed E-state index contributed by atoms with van der Waals surface area (Å²) >= 11 is 0. The molecule has 0 spiro atoms. The van der Waals surface area contributed by atoms with Crippen molar-refractivity contribution in [3.63, 3.8) is 0 Å². The van der Waals surface area contributed by atoms with E-state index in [1.54, 1.807) is 45.0 Å². The lowest BCUT2D eigenvalue weighted by atomic mass is 9.95. The Balaban J connectivity index is 2.47. The number of amides is 1. The number of benzene rings is 1. The molecule has 0 aliphatic heterocycles. The highest BCUT2D eigenvalue weighted by Gasteiger charge is 2.17. The van der Waals surface area contributed by atoms with Gasteiger partial charge in [0.2, 0.25) is 0 Å². The van der Waals surface area contributed by atoms with Crippen LogP contribution in [-0.4, -0.2) is 25.5 Å². The standard InChI is InChI=1S/C12H16BNO4/c1-12(2,3)17-11(16)14-18-10(15)8-4-6-9(13)7-5-8/h4-7H,13H2,1-3H3,(H,14,16). The van der Waals surface area contributed by atoms with Gasteiger partial charge >= 0.3 is 12.1 Å². The summed E-state index contributed by atoms with van der Waals surface area (Å²) in [7, 11) is 1.91. The highest BCUT2D eigenvalue weighted by Crippen LogP contribution is 2.06. The van der Waals surface area contributed by atoms with E-state index < -0.39 is 17.7 Å². The monoisotopic (exact) mass is 249 g/mol. The summed E-state index contributed by atoms with van der Waals surface area (Å²) in [5.41, 5.74) is 2.69. The lowest BCUT2D eigenvalue weighted by Gasteiger charge is -2.19. The molecule has 0 saturated heterocycles. The third-order valence-electron chi connectivity index (χ3n) is 1.91. The summed E-state index contributed by atoms with van der Waals surface area (Å²) in [6.45, 7) is 5.15. The van der Waals surface area contributed by atoms with Crippen molar-refractivity contribution in [2.45, 2.75) is 26.4 Å². The number of rotatable bonds is 1. The van der Waals surface area contributed by atoms with Crippen molar-refractivity contribution in [3.05, 3.63) is 29.8 Å². The van der Waals surface area contributed by atoms with Gasteiger partial charge in [0.05, 0.1) is 5.56 Å². The lowest BCUT2D eigenvalue weighted by Crippen LogP contribution is -2.34. The van der Waals surface area contributed by atoms with Crippen LogP contribution < -0.4 is 10.9 Å². The van der Waals surface area contributed by atoms with E-state index in [-0.39, 0.29) is 0 Å². The van der Waals surface area contributed by atoms with Crippen molar-refractivity contribution < 1.29 is 19.2 Å². The van der Waals surface area contributed by atoms with Gasteiger partial charge in [-0.25, -0.2) is 9.59 Å². The second-order valence-corrected chi connectivity index (χ2v) is 4.86. The molecule has 1 N–H and O–H groups in total. The van der Waals surface area contributed by atoms with Crippen LogP contribution in [-0.2, 0) is 9.57 Å². The smallest absolute Gasteiger partial charge is 0.441 e. The van der Waals surface area contributed by atoms with Crippen molar-refractivity contribution in [1.29, 1.82) is 0 Å². The molecule has 18 heavy (non-hydrogen) atoms. The van der Waals surface area contributed by atoms with Crippen molar-refractivity contribution >= 4 is 25.4 Å². The molecular weight excluding hydrogens is 233 g/mol. The van der Waals surface area contributed by atoms with E-state index in [1.807, 2.05) is 13.3 Å². The molecule has 1 aromatic carbocycles. The van der Waals surface area contributed by atoms with Crippen molar-refractivity contribution in [2.24, 2.45) is 0 Å². The summed E-state index contributed by atoms with van der Waals surface area (Å²) in [6, 6.07) is 6.80. The SMILES string of the molecule is Bc1ccc(C(=O)ONC(=O)OC(C)(C)C)cc1. The van der Waals surface area contributed by atoms with E-state index in [9.17, 15) is 9.59 Å². The molecule has 0 atom stereocenters. The highest BCUT2D eigenvalue weighted by molar-refractivity contribution is 6.32. The number of hydrogen-bond acceptors (Lipinski definition) is 4. The van der Waals surface area contributed by atoms with Crippen molar-refractivity contribution in [3.8, 4) is 0 Å². The fourth-order valence-electron chi connectivity index (χ4n) is 1.14. The quantitative estimate of drug-likeness (QED) is 0.582. The van der Waals surface area contributed by atoms with Gasteiger partial charge in [-0.1, -0.05) is 17.6 Å². The summed E-state index contributed by atoms with van der Waals surface area (Å²) in [5.74, 6) is -0.638. The third-order valence-corrected chi connectivity index (χ3v) is 1.91. The van der Waals surface area contributed by atoms with Crippen LogP contribution in [0.1, 0.15) is 31.1 Å². The molecule has 0 heterocycles. The van der Waals surface area contributed by atoms with Gasteiger partial charge in [0, 0.05) is 0 Å². The van der Waals surface area contributed by atoms with Gasteiger partial charge in [0.25, 0.3) is 0 Å². The maximum absolute atomic E-state index is 11.5. The molecule has 1 rings (SSSR count). The second-order valence-electron chi connectivity index (χ2n) is 4.86. The van der Waals surface area contributed by atoms with Crippen LogP contribution in [0.5, 0.6) is 0 Å². The largest absolute Gasteiger partial charge is 0.442 e. The van der Waals surface area contributed by atoms with Crippen LogP contribution >= 0.6 is 0 Å². The fourth-order valence-corrected chi connectivity index (χ4v) is 1.14. The van der Waals surface area contributed by atoms with E-state index in [4.69, 9.17) is 4.74 Å². The average Bonchev–Trinajstić information content (AvgIpc) is 2.24. The van der Waals surface area contributed by atoms with Gasteiger partial charge in [0.15, 0.2) is 0 Å². The Labute approximate surface area is 107 Å². The van der Waals surface area contributed by atoms with Gasteiger partial charge in [0.1, 0.15) is 13.4 Å². The number of ether oxygens (including phenoxy) is 1. The molecule has 5 nitrogen and oxygen atoms in total. The maximum Gasteiger partial charge on any atom is 0.441 e. The Bertz CT molecular complexity index is 436. The lowest BCUT2D eigenvalue weighted by molar-refractivity contribution is -0.00129. The minimum Gasteiger partial charge on any atom is -0.442 e. The van der Waals surface area contributed by atoms with Crippen molar-refractivity contribution in [2.75, 3.05) is 0 Å². The van der Waals surface area contributed by atoms with E-state index in [0.717, 1.165) is 5.46 Å². The minimum atomic E-state index is -0.803. The fraction of sp³-hybridized carbons (Fsp3) is 0.333. The zero-order chi connectivity index (χ0) is 13.8. The predicted molar refractivity (Wildman–Crippen MR) is 69.4 cm³/mol. The Kier molecular flexibility index (Phi) is 4.36. The zero-order valence-electron chi connectivity index (χ0n) is 10.9.